The van der Waals surface area contributed by atoms with E-state index in [1.807, 2.05) is 66.0 Å². The summed E-state index contributed by atoms with van der Waals surface area (Å²) in [5.41, 5.74) is 2.52. The van der Waals surface area contributed by atoms with Gasteiger partial charge in [-0.2, -0.15) is 0 Å². The van der Waals surface area contributed by atoms with Crippen LogP contribution in [0.2, 0.25) is 0 Å². The molecule has 0 bridgehead atoms. The maximum Gasteiger partial charge on any atom is 0.272 e. The van der Waals surface area contributed by atoms with Crippen molar-refractivity contribution in [1.82, 2.24) is 14.9 Å². The van der Waals surface area contributed by atoms with Crippen molar-refractivity contribution in [1.29, 1.82) is 0 Å². The maximum atomic E-state index is 13.1. The van der Waals surface area contributed by atoms with Crippen molar-refractivity contribution in [3.05, 3.63) is 87.5 Å². The lowest BCUT2D eigenvalue weighted by atomic mass is 10.2. The molecule has 2 heterocycles. The first kappa shape index (κ1) is 21.1. The van der Waals surface area contributed by atoms with E-state index in [9.17, 15) is 9.59 Å². The normalized spacial score (nSPS) is 10.9. The number of amides is 1. The molecule has 0 saturated heterocycles. The third-order valence-electron chi connectivity index (χ3n) is 4.67. The van der Waals surface area contributed by atoms with Crippen LogP contribution < -0.4 is 15.6 Å². The molecule has 0 aliphatic carbocycles. The van der Waals surface area contributed by atoms with Crippen LogP contribution in [0.5, 0.6) is 5.75 Å². The van der Waals surface area contributed by atoms with Gasteiger partial charge in [-0.15, -0.1) is 11.3 Å². The second kappa shape index (κ2) is 9.80. The molecule has 158 valence electrons. The first-order chi connectivity index (χ1) is 15.1. The Kier molecular flexibility index (Phi) is 6.69. The molecule has 0 atom stereocenters. The lowest BCUT2D eigenvalue weighted by molar-refractivity contribution is -0.118. The first-order valence-corrected chi connectivity index (χ1v) is 11.5. The molecule has 0 aliphatic rings. The van der Waals surface area contributed by atoms with Crippen LogP contribution in [0.25, 0.3) is 10.2 Å². The minimum Gasteiger partial charge on any atom is -0.497 e. The zero-order valence-corrected chi connectivity index (χ0v) is 18.5. The van der Waals surface area contributed by atoms with Crippen LogP contribution in [0.4, 0.5) is 0 Å². The summed E-state index contributed by atoms with van der Waals surface area (Å²) < 4.78 is 7.53. The molecule has 6 nitrogen and oxygen atoms in total. The van der Waals surface area contributed by atoms with E-state index >= 15 is 0 Å². The number of rotatable bonds is 8. The van der Waals surface area contributed by atoms with Crippen LogP contribution in [-0.4, -0.2) is 28.3 Å². The van der Waals surface area contributed by atoms with Crippen molar-refractivity contribution in [2.24, 2.45) is 0 Å². The van der Waals surface area contributed by atoms with Crippen LogP contribution >= 0.6 is 23.1 Å². The molecule has 2 aromatic heterocycles. The van der Waals surface area contributed by atoms with Gasteiger partial charge in [0.25, 0.3) is 5.56 Å². The fraction of sp³-hybridized carbons (Fsp3) is 0.174. The average molecular weight is 452 g/mol. The molecule has 4 rings (SSSR count). The van der Waals surface area contributed by atoms with E-state index in [-0.39, 0.29) is 17.2 Å². The molecular formula is C23H21N3O3S2. The monoisotopic (exact) mass is 451 g/mol. The third-order valence-corrected chi connectivity index (χ3v) is 6.54. The average Bonchev–Trinajstić information content (AvgIpc) is 3.28. The zero-order valence-electron chi connectivity index (χ0n) is 16.9. The minimum absolute atomic E-state index is 0.102. The van der Waals surface area contributed by atoms with Crippen molar-refractivity contribution >= 4 is 39.2 Å². The van der Waals surface area contributed by atoms with E-state index in [4.69, 9.17) is 4.74 Å². The molecule has 0 fully saturated rings. The second-order valence-electron chi connectivity index (χ2n) is 6.82. The number of ether oxygens (including phenoxy) is 1. The highest BCUT2D eigenvalue weighted by atomic mass is 32.2. The standard InChI is InChI=1S/C23H21N3O3S2/c1-29-18-9-5-8-17(12-18)14-26-22(28)21-19(10-11-30-21)25-23(26)31-15-20(27)24-13-16-6-3-2-4-7-16/h2-12H,13-15H2,1H3,(H,24,27). The summed E-state index contributed by atoms with van der Waals surface area (Å²) >= 11 is 2.64. The zero-order chi connectivity index (χ0) is 21.6. The Morgan fingerprint density at radius 3 is 2.74 bits per heavy atom. The van der Waals surface area contributed by atoms with Crippen molar-refractivity contribution in [2.45, 2.75) is 18.2 Å². The maximum absolute atomic E-state index is 13.1. The number of nitrogens with one attached hydrogen (secondary N) is 1. The summed E-state index contributed by atoms with van der Waals surface area (Å²) in [4.78, 5) is 30.1. The number of fused-ring (bicyclic) bond motifs is 1. The first-order valence-electron chi connectivity index (χ1n) is 9.68. The minimum atomic E-state index is -0.110. The number of aromatic nitrogens is 2. The lowest BCUT2D eigenvalue weighted by Crippen LogP contribution is -2.26. The number of nitrogens with zero attached hydrogens (tertiary/aromatic N) is 2. The number of carbonyl (C=O) groups is 1. The van der Waals surface area contributed by atoms with E-state index in [2.05, 4.69) is 10.3 Å². The highest BCUT2D eigenvalue weighted by Crippen LogP contribution is 2.22. The largest absolute Gasteiger partial charge is 0.497 e. The molecule has 2 aromatic carbocycles. The van der Waals surface area contributed by atoms with Crippen LogP contribution in [-0.2, 0) is 17.9 Å². The summed E-state index contributed by atoms with van der Waals surface area (Å²) in [6.07, 6.45) is 0. The fourth-order valence-electron chi connectivity index (χ4n) is 3.10. The highest BCUT2D eigenvalue weighted by molar-refractivity contribution is 7.99. The van der Waals surface area contributed by atoms with E-state index in [1.54, 1.807) is 11.7 Å². The van der Waals surface area contributed by atoms with Gasteiger partial charge in [0.1, 0.15) is 10.4 Å². The second-order valence-corrected chi connectivity index (χ2v) is 8.68. The van der Waals surface area contributed by atoms with Crippen molar-refractivity contribution in [3.8, 4) is 5.75 Å². The van der Waals surface area contributed by atoms with Gasteiger partial charge in [0.15, 0.2) is 5.16 Å². The van der Waals surface area contributed by atoms with Crippen molar-refractivity contribution in [3.63, 3.8) is 0 Å². The Bertz CT molecular complexity index is 1250. The molecule has 0 spiro atoms. The van der Waals surface area contributed by atoms with Gasteiger partial charge in [0, 0.05) is 6.54 Å². The number of hydrogen-bond acceptors (Lipinski definition) is 6. The predicted octanol–water partition coefficient (Wildman–Crippen LogP) is 3.92. The summed E-state index contributed by atoms with van der Waals surface area (Å²) in [6, 6.07) is 19.2. The number of hydrogen-bond donors (Lipinski definition) is 1. The summed E-state index contributed by atoms with van der Waals surface area (Å²) in [5, 5.41) is 5.29. The Balaban J connectivity index is 1.53. The molecule has 1 amide bonds. The van der Waals surface area contributed by atoms with E-state index in [1.165, 1.54) is 23.1 Å². The fourth-order valence-corrected chi connectivity index (χ4v) is 4.71. The third kappa shape index (κ3) is 5.15. The topological polar surface area (TPSA) is 73.2 Å². The summed E-state index contributed by atoms with van der Waals surface area (Å²) in [5.74, 6) is 0.791. The number of benzene rings is 2. The van der Waals surface area contributed by atoms with Gasteiger partial charge in [0.05, 0.1) is 24.9 Å². The van der Waals surface area contributed by atoms with Gasteiger partial charge in [-0.1, -0.05) is 54.2 Å². The highest BCUT2D eigenvalue weighted by Gasteiger charge is 2.15. The molecule has 0 unspecified atom stereocenters. The summed E-state index contributed by atoms with van der Waals surface area (Å²) in [6.45, 7) is 0.818. The number of carbonyl (C=O) groups excluding carboxylic acids is 1. The van der Waals surface area contributed by atoms with E-state index < -0.39 is 0 Å². The van der Waals surface area contributed by atoms with Gasteiger partial charge in [-0.3, -0.25) is 14.2 Å². The molecule has 0 aliphatic heterocycles. The quantitative estimate of drug-likeness (QED) is 0.325. The van der Waals surface area contributed by atoms with Gasteiger partial charge in [-0.05, 0) is 34.7 Å². The lowest BCUT2D eigenvalue weighted by Gasteiger charge is -2.13. The SMILES string of the molecule is COc1cccc(Cn2c(SCC(=O)NCc3ccccc3)nc3ccsc3c2=O)c1. The Morgan fingerprint density at radius 1 is 1.13 bits per heavy atom. The molecular weight excluding hydrogens is 430 g/mol. The van der Waals surface area contributed by atoms with Crippen LogP contribution in [0.3, 0.4) is 0 Å². The van der Waals surface area contributed by atoms with Crippen molar-refractivity contribution in [2.75, 3.05) is 12.9 Å². The number of thioether (sulfide) groups is 1. The predicted molar refractivity (Wildman–Crippen MR) is 125 cm³/mol. The van der Waals surface area contributed by atoms with E-state index in [0.29, 0.717) is 28.5 Å². The van der Waals surface area contributed by atoms with Gasteiger partial charge in [0.2, 0.25) is 5.91 Å². The van der Waals surface area contributed by atoms with E-state index in [0.717, 1.165) is 16.9 Å². The number of methoxy groups -OCH3 is 1. The van der Waals surface area contributed by atoms with Gasteiger partial charge >= 0.3 is 0 Å². The molecule has 8 heteroatoms. The van der Waals surface area contributed by atoms with Crippen LogP contribution in [0, 0.1) is 0 Å². The number of thiophene rings is 1. The van der Waals surface area contributed by atoms with Crippen molar-refractivity contribution < 1.29 is 9.53 Å². The Hall–Kier alpha value is -3.10. The van der Waals surface area contributed by atoms with Gasteiger partial charge < -0.3 is 10.1 Å². The summed E-state index contributed by atoms with van der Waals surface area (Å²) in [7, 11) is 1.61. The van der Waals surface area contributed by atoms with Crippen LogP contribution in [0.15, 0.2) is 76.0 Å². The van der Waals surface area contributed by atoms with Crippen LogP contribution in [0.1, 0.15) is 11.1 Å². The molecule has 0 radical (unpaired) electrons. The molecule has 1 N–H and O–H groups in total. The Morgan fingerprint density at radius 2 is 1.94 bits per heavy atom. The molecule has 0 saturated carbocycles. The smallest absolute Gasteiger partial charge is 0.272 e. The van der Waals surface area contributed by atoms with Gasteiger partial charge in [-0.25, -0.2) is 4.98 Å². The Labute approximate surface area is 187 Å². The molecule has 31 heavy (non-hydrogen) atoms. The molecule has 4 aromatic rings.